The van der Waals surface area contributed by atoms with Crippen LogP contribution in [0.4, 0.5) is 0 Å². The summed E-state index contributed by atoms with van der Waals surface area (Å²) in [6.45, 7) is 21.8. The van der Waals surface area contributed by atoms with E-state index in [0.29, 0.717) is 57.0 Å². The molecule has 10 aliphatic rings. The normalized spacial score (nSPS) is 35.0. The van der Waals surface area contributed by atoms with Gasteiger partial charge in [0.15, 0.2) is 0 Å². The number of carbonyl (C=O) groups excluding carboxylic acids is 5. The van der Waals surface area contributed by atoms with Crippen LogP contribution in [0.1, 0.15) is 211 Å². The molecule has 1 saturated heterocycles. The molecule has 10 fully saturated rings. The Labute approximate surface area is 378 Å². The van der Waals surface area contributed by atoms with Gasteiger partial charge < -0.3 is 28.8 Å². The second-order valence-electron chi connectivity index (χ2n) is 24.4. The van der Waals surface area contributed by atoms with Gasteiger partial charge in [-0.2, -0.15) is 0 Å². The van der Waals surface area contributed by atoms with Crippen molar-refractivity contribution in [3.63, 3.8) is 0 Å². The van der Waals surface area contributed by atoms with Gasteiger partial charge in [-0.1, -0.05) is 27.2 Å². The molecule has 1 heterocycles. The van der Waals surface area contributed by atoms with Crippen LogP contribution >= 0.6 is 0 Å². The number of aliphatic hydroxyl groups is 1. The van der Waals surface area contributed by atoms with E-state index in [9.17, 15) is 29.1 Å². The zero-order valence-electron chi connectivity index (χ0n) is 41.1. The molecule has 8 bridgehead atoms. The summed E-state index contributed by atoms with van der Waals surface area (Å²) in [7, 11) is 0. The van der Waals surface area contributed by atoms with Crippen molar-refractivity contribution in [3.05, 3.63) is 0 Å². The molecule has 1 N–H and O–H groups in total. The van der Waals surface area contributed by atoms with Crippen molar-refractivity contribution in [2.75, 3.05) is 6.61 Å². The van der Waals surface area contributed by atoms with Gasteiger partial charge in [0, 0.05) is 18.3 Å². The molecular formula is C52H84O11. The lowest BCUT2D eigenvalue weighted by atomic mass is 9.46. The van der Waals surface area contributed by atoms with Crippen LogP contribution in [0, 0.1) is 51.2 Å². The van der Waals surface area contributed by atoms with Crippen LogP contribution in [0.2, 0.25) is 0 Å². The lowest BCUT2D eigenvalue weighted by Crippen LogP contribution is -2.61. The second-order valence-corrected chi connectivity index (χ2v) is 24.4. The fourth-order valence-corrected chi connectivity index (χ4v) is 13.0. The van der Waals surface area contributed by atoms with Crippen molar-refractivity contribution >= 4 is 29.8 Å². The van der Waals surface area contributed by atoms with Crippen molar-refractivity contribution < 1.29 is 52.8 Å². The van der Waals surface area contributed by atoms with Crippen LogP contribution in [0.3, 0.4) is 0 Å². The number of ether oxygens (including phenoxy) is 5. The first-order chi connectivity index (χ1) is 29.2. The third-order valence-electron chi connectivity index (χ3n) is 17.7. The number of rotatable bonds is 12. The summed E-state index contributed by atoms with van der Waals surface area (Å²) in [5, 5.41) is 10.6. The molecule has 0 aromatic carbocycles. The Balaban J connectivity index is 0.000000171. The highest BCUT2D eigenvalue weighted by Gasteiger charge is 2.61. The number of carbonyl (C=O) groups is 5. The minimum atomic E-state index is -1.10. The summed E-state index contributed by atoms with van der Waals surface area (Å²) in [6, 6.07) is 0. The van der Waals surface area contributed by atoms with Crippen molar-refractivity contribution in [2.24, 2.45) is 51.2 Å². The largest absolute Gasteiger partial charge is 0.463 e. The molecule has 3 atom stereocenters. The molecule has 11 nitrogen and oxygen atoms in total. The standard InChI is InChI=1S/C26H42O4.C16H26O3.C10H16O4/c1-6-23(2,3)21(27)30-26(10-8-7-9-11-26)22(28)29-24(4,5)25-15-18-12-19(16-25)14-20(13-18)17-25;1-4-14(2,3)13(17)19-16-8-11-5-12(9-16)7-15(18,6-11)10-16;1-4-10(2,3)9(12)14-7-5-6-13-8(7)11/h18-20H,6-17H2,1-5H3;11-12,18H,4-10H2,1-3H3;7H,4-6H2,1-3H3. The SMILES string of the molecule is CCC(C)(C)C(=O)OC1(C(=O)OC(C)(C)C23CC4CC(CC(C4)C2)C3)CCCCC1.CCC(C)(C)C(=O)OC12CC3CC(CC(O)(C3)C1)C2.CCC(C)(C)C(=O)OC1CCOC1=O. The molecule has 3 unspecified atom stereocenters. The Morgan fingerprint density at radius 2 is 1.10 bits per heavy atom. The highest BCUT2D eigenvalue weighted by molar-refractivity contribution is 5.86. The summed E-state index contributed by atoms with van der Waals surface area (Å²) in [5.74, 6) is 2.14. The molecule has 1 aliphatic heterocycles. The first-order valence-corrected chi connectivity index (χ1v) is 25.0. The average Bonchev–Trinajstić information content (AvgIpc) is 3.60. The summed E-state index contributed by atoms with van der Waals surface area (Å²) in [6.07, 6.45) is 19.4. The van der Waals surface area contributed by atoms with Crippen molar-refractivity contribution in [1.29, 1.82) is 0 Å². The Bertz CT molecular complexity index is 1650. The molecule has 9 aliphatic carbocycles. The summed E-state index contributed by atoms with van der Waals surface area (Å²) >= 11 is 0. The van der Waals surface area contributed by atoms with E-state index in [0.717, 1.165) is 69.1 Å². The topological polar surface area (TPSA) is 152 Å². The Morgan fingerprint density at radius 3 is 1.54 bits per heavy atom. The molecule has 0 radical (unpaired) electrons. The zero-order chi connectivity index (χ0) is 46.4. The minimum absolute atomic E-state index is 0.0828. The first kappa shape index (κ1) is 49.7. The molecular weight excluding hydrogens is 801 g/mol. The first-order valence-electron chi connectivity index (χ1n) is 25.0. The van der Waals surface area contributed by atoms with Gasteiger partial charge in [0.05, 0.1) is 28.5 Å². The van der Waals surface area contributed by atoms with Crippen LogP contribution < -0.4 is 0 Å². The van der Waals surface area contributed by atoms with Crippen molar-refractivity contribution in [3.8, 4) is 0 Å². The van der Waals surface area contributed by atoms with Crippen LogP contribution in [-0.2, 0) is 47.7 Å². The molecule has 0 amide bonds. The van der Waals surface area contributed by atoms with Gasteiger partial charge in [-0.3, -0.25) is 14.4 Å². The summed E-state index contributed by atoms with van der Waals surface area (Å²) < 4.78 is 28.2. The van der Waals surface area contributed by atoms with Gasteiger partial charge in [-0.05, 0) is 201 Å². The number of esters is 5. The monoisotopic (exact) mass is 885 g/mol. The van der Waals surface area contributed by atoms with Gasteiger partial charge in [-0.25, -0.2) is 9.59 Å². The van der Waals surface area contributed by atoms with E-state index in [1.165, 1.54) is 44.9 Å². The van der Waals surface area contributed by atoms with Gasteiger partial charge in [0.2, 0.25) is 11.7 Å². The summed E-state index contributed by atoms with van der Waals surface area (Å²) in [4.78, 5) is 61.6. The fraction of sp³-hybridized carbons (Fsp3) is 0.904. The highest BCUT2D eigenvalue weighted by atomic mass is 16.6. The second kappa shape index (κ2) is 18.2. The maximum atomic E-state index is 13.7. The molecule has 11 heteroatoms. The van der Waals surface area contributed by atoms with E-state index in [4.69, 9.17) is 23.7 Å². The molecule has 0 aromatic rings. The predicted molar refractivity (Wildman–Crippen MR) is 239 cm³/mol. The van der Waals surface area contributed by atoms with E-state index in [-0.39, 0.29) is 34.9 Å². The van der Waals surface area contributed by atoms with E-state index < -0.39 is 45.1 Å². The molecule has 9 saturated carbocycles. The third-order valence-corrected chi connectivity index (χ3v) is 17.7. The van der Waals surface area contributed by atoms with Crippen LogP contribution in [0.15, 0.2) is 0 Å². The van der Waals surface area contributed by atoms with Crippen molar-refractivity contribution in [1.82, 2.24) is 0 Å². The summed E-state index contributed by atoms with van der Waals surface area (Å²) in [5.41, 5.74) is -3.95. The average molecular weight is 885 g/mol. The van der Waals surface area contributed by atoms with Crippen LogP contribution in [-0.4, -0.2) is 70.1 Å². The maximum absolute atomic E-state index is 13.7. The Kier molecular flexibility index (Phi) is 14.4. The van der Waals surface area contributed by atoms with Gasteiger partial charge in [0.25, 0.3) is 0 Å². The lowest BCUT2D eigenvalue weighted by Gasteiger charge is -2.61. The molecule has 0 aromatic heterocycles. The Hall–Kier alpha value is -2.69. The van der Waals surface area contributed by atoms with E-state index >= 15 is 0 Å². The fourth-order valence-electron chi connectivity index (χ4n) is 13.0. The number of hydrogen-bond acceptors (Lipinski definition) is 11. The third kappa shape index (κ3) is 10.6. The molecule has 10 rings (SSSR count). The smallest absolute Gasteiger partial charge is 0.351 e. The maximum Gasteiger partial charge on any atom is 0.351 e. The molecule has 63 heavy (non-hydrogen) atoms. The van der Waals surface area contributed by atoms with Gasteiger partial charge in [0.1, 0.15) is 11.2 Å². The van der Waals surface area contributed by atoms with E-state index in [1.807, 2.05) is 48.5 Å². The zero-order valence-corrected chi connectivity index (χ0v) is 41.1. The quantitative estimate of drug-likeness (QED) is 0.147. The Morgan fingerprint density at radius 1 is 0.635 bits per heavy atom. The van der Waals surface area contributed by atoms with Crippen molar-refractivity contribution in [2.45, 2.75) is 240 Å². The molecule has 358 valence electrons. The van der Waals surface area contributed by atoms with Crippen LogP contribution in [0.25, 0.3) is 0 Å². The van der Waals surface area contributed by atoms with E-state index in [1.54, 1.807) is 13.8 Å². The van der Waals surface area contributed by atoms with Crippen LogP contribution in [0.5, 0.6) is 0 Å². The number of hydrogen-bond donors (Lipinski definition) is 1. The van der Waals surface area contributed by atoms with E-state index in [2.05, 4.69) is 13.8 Å². The molecule has 0 spiro atoms. The predicted octanol–water partition coefficient (Wildman–Crippen LogP) is 10.5. The minimum Gasteiger partial charge on any atom is -0.463 e. The number of cyclic esters (lactones) is 1. The van der Waals surface area contributed by atoms with Gasteiger partial charge >= 0.3 is 29.8 Å². The highest BCUT2D eigenvalue weighted by Crippen LogP contribution is 2.65. The lowest BCUT2D eigenvalue weighted by molar-refractivity contribution is -0.225. The van der Waals surface area contributed by atoms with Gasteiger partial charge in [-0.15, -0.1) is 0 Å².